The number of nitrogens with one attached hydrogen (secondary N) is 3. The summed E-state index contributed by atoms with van der Waals surface area (Å²) < 4.78 is 0. The highest BCUT2D eigenvalue weighted by Crippen LogP contribution is 2.18. The second-order valence-corrected chi connectivity index (χ2v) is 7.62. The van der Waals surface area contributed by atoms with E-state index in [2.05, 4.69) is 34.9 Å². The van der Waals surface area contributed by atoms with E-state index in [4.69, 9.17) is 0 Å². The fourth-order valence-electron chi connectivity index (χ4n) is 3.20. The van der Waals surface area contributed by atoms with Crippen molar-refractivity contribution < 1.29 is 14.5 Å². The maximum absolute atomic E-state index is 12.4. The van der Waals surface area contributed by atoms with Gasteiger partial charge in [-0.15, -0.1) is 11.3 Å². The van der Waals surface area contributed by atoms with Crippen molar-refractivity contribution in [1.82, 2.24) is 10.6 Å². The molecule has 0 fully saturated rings. The first-order valence-corrected chi connectivity index (χ1v) is 10.0. The van der Waals surface area contributed by atoms with Gasteiger partial charge in [0.15, 0.2) is 6.54 Å². The second kappa shape index (κ2) is 9.82. The number of carbonyl (C=O) groups is 2. The van der Waals surface area contributed by atoms with Gasteiger partial charge < -0.3 is 10.2 Å². The number of hydrogen-bond donors (Lipinski definition) is 3. The van der Waals surface area contributed by atoms with E-state index in [1.165, 1.54) is 0 Å². The molecule has 2 aromatic carbocycles. The number of likely N-dealkylation sites (N-methyl/N-ethyl adjacent to an activating group) is 1. The van der Waals surface area contributed by atoms with Crippen LogP contribution in [0, 0.1) is 0 Å². The van der Waals surface area contributed by atoms with Gasteiger partial charge in [0.2, 0.25) is 0 Å². The normalized spacial score (nSPS) is 11.8. The minimum atomic E-state index is -0.470. The summed E-state index contributed by atoms with van der Waals surface area (Å²) in [6.45, 7) is 0.594. The molecule has 1 atom stereocenters. The van der Waals surface area contributed by atoms with Gasteiger partial charge in [-0.1, -0.05) is 66.7 Å². The van der Waals surface area contributed by atoms with Gasteiger partial charge in [-0.3, -0.25) is 10.1 Å². The Bertz CT molecular complexity index is 843. The van der Waals surface area contributed by atoms with Crippen LogP contribution in [-0.4, -0.2) is 25.5 Å². The molecule has 6 heteroatoms. The first-order chi connectivity index (χ1) is 13.6. The molecule has 3 N–H and O–H groups in total. The molecule has 3 rings (SSSR count). The van der Waals surface area contributed by atoms with Gasteiger partial charge in [-0.25, -0.2) is 4.79 Å². The predicted molar refractivity (Wildman–Crippen MR) is 111 cm³/mol. The zero-order valence-electron chi connectivity index (χ0n) is 15.7. The number of carbonyl (C=O) groups excluding carboxylic acids is 2. The summed E-state index contributed by atoms with van der Waals surface area (Å²) in [5.41, 5.74) is 2.25. The highest BCUT2D eigenvalue weighted by Gasteiger charge is 2.25. The van der Waals surface area contributed by atoms with E-state index in [-0.39, 0.29) is 18.5 Å². The topological polar surface area (TPSA) is 62.6 Å². The van der Waals surface area contributed by atoms with Crippen LogP contribution in [-0.2, 0) is 11.3 Å². The molecule has 0 saturated carbocycles. The molecule has 28 heavy (non-hydrogen) atoms. The summed E-state index contributed by atoms with van der Waals surface area (Å²) in [6.07, 6.45) is 0. The summed E-state index contributed by atoms with van der Waals surface area (Å²) in [5.74, 6) is -0.307. The van der Waals surface area contributed by atoms with Crippen LogP contribution in [0.3, 0.4) is 0 Å². The SMILES string of the molecule is C[NH+](CC(=O)NC(=O)NCc1cccs1)C(c1ccccc1)c1ccccc1. The van der Waals surface area contributed by atoms with E-state index >= 15 is 0 Å². The molecule has 0 aliphatic rings. The molecular weight excluding hydrogens is 370 g/mol. The Morgan fingerprint density at radius 1 is 0.929 bits per heavy atom. The van der Waals surface area contributed by atoms with Crippen molar-refractivity contribution in [3.63, 3.8) is 0 Å². The summed E-state index contributed by atoms with van der Waals surface area (Å²) >= 11 is 1.56. The van der Waals surface area contributed by atoms with E-state index in [9.17, 15) is 9.59 Å². The Morgan fingerprint density at radius 3 is 2.07 bits per heavy atom. The Hall–Kier alpha value is -2.96. The molecule has 0 saturated heterocycles. The van der Waals surface area contributed by atoms with E-state index in [0.717, 1.165) is 20.9 Å². The smallest absolute Gasteiger partial charge is 0.321 e. The molecule has 3 aromatic rings. The Morgan fingerprint density at radius 2 is 1.54 bits per heavy atom. The Kier molecular flexibility index (Phi) is 6.94. The molecule has 1 heterocycles. The number of rotatable bonds is 7. The number of benzene rings is 2. The molecule has 5 nitrogen and oxygen atoms in total. The average Bonchev–Trinajstić information content (AvgIpc) is 3.22. The summed E-state index contributed by atoms with van der Waals surface area (Å²) in [7, 11) is 1.97. The fraction of sp³-hybridized carbons (Fsp3) is 0.182. The van der Waals surface area contributed by atoms with E-state index < -0.39 is 6.03 Å². The van der Waals surface area contributed by atoms with E-state index in [0.29, 0.717) is 6.54 Å². The number of imide groups is 1. The third-order valence-electron chi connectivity index (χ3n) is 4.45. The van der Waals surface area contributed by atoms with Crippen LogP contribution >= 0.6 is 11.3 Å². The van der Waals surface area contributed by atoms with Crippen molar-refractivity contribution >= 4 is 23.3 Å². The van der Waals surface area contributed by atoms with E-state index in [1.807, 2.05) is 61.0 Å². The first kappa shape index (κ1) is 19.8. The van der Waals surface area contributed by atoms with Gasteiger partial charge in [-0.05, 0) is 11.4 Å². The lowest BCUT2D eigenvalue weighted by Crippen LogP contribution is -3.10. The van der Waals surface area contributed by atoms with Crippen molar-refractivity contribution in [3.05, 3.63) is 94.2 Å². The van der Waals surface area contributed by atoms with Gasteiger partial charge in [0.1, 0.15) is 6.04 Å². The Balaban J connectivity index is 1.62. The van der Waals surface area contributed by atoms with Gasteiger partial charge in [0, 0.05) is 16.0 Å². The number of urea groups is 1. The number of amides is 3. The zero-order valence-corrected chi connectivity index (χ0v) is 16.5. The molecule has 1 aromatic heterocycles. The van der Waals surface area contributed by atoms with Crippen molar-refractivity contribution in [3.8, 4) is 0 Å². The standard InChI is InChI=1S/C22H23N3O2S/c1-25(16-20(26)24-22(27)23-15-19-13-8-14-28-19)21(17-9-4-2-5-10-17)18-11-6-3-7-12-18/h2-14,21H,15-16H2,1H3,(H2,23,24,26,27)/p+1. The monoisotopic (exact) mass is 394 g/mol. The lowest BCUT2D eigenvalue weighted by molar-refractivity contribution is -0.898. The van der Waals surface area contributed by atoms with E-state index in [1.54, 1.807) is 11.3 Å². The fourth-order valence-corrected chi connectivity index (χ4v) is 3.85. The summed E-state index contributed by atoms with van der Waals surface area (Å²) in [4.78, 5) is 26.4. The molecule has 3 amide bonds. The third kappa shape index (κ3) is 5.52. The molecule has 0 radical (unpaired) electrons. The lowest BCUT2D eigenvalue weighted by atomic mass is 9.97. The highest BCUT2D eigenvalue weighted by atomic mass is 32.1. The Labute approximate surface area is 169 Å². The minimum absolute atomic E-state index is 0.00216. The maximum atomic E-state index is 12.4. The predicted octanol–water partition coefficient (Wildman–Crippen LogP) is 2.38. The van der Waals surface area contributed by atoms with Gasteiger partial charge in [0.25, 0.3) is 5.91 Å². The highest BCUT2D eigenvalue weighted by molar-refractivity contribution is 7.09. The molecule has 0 aliphatic carbocycles. The largest absolute Gasteiger partial charge is 0.333 e. The van der Waals surface area contributed by atoms with Crippen LogP contribution in [0.15, 0.2) is 78.2 Å². The third-order valence-corrected chi connectivity index (χ3v) is 5.33. The second-order valence-electron chi connectivity index (χ2n) is 6.59. The molecule has 0 aliphatic heterocycles. The van der Waals surface area contributed by atoms with Crippen molar-refractivity contribution in [2.75, 3.05) is 13.6 Å². The summed E-state index contributed by atoms with van der Waals surface area (Å²) in [5, 5.41) is 7.09. The molecule has 1 unspecified atom stereocenters. The van der Waals surface area contributed by atoms with Crippen LogP contribution in [0.25, 0.3) is 0 Å². The molecule has 144 valence electrons. The van der Waals surface area contributed by atoms with Crippen LogP contribution < -0.4 is 15.5 Å². The van der Waals surface area contributed by atoms with Crippen molar-refractivity contribution in [2.45, 2.75) is 12.6 Å². The molecule has 0 bridgehead atoms. The van der Waals surface area contributed by atoms with Gasteiger partial charge in [0.05, 0.1) is 13.6 Å². The zero-order chi connectivity index (χ0) is 19.8. The van der Waals surface area contributed by atoms with Gasteiger partial charge in [-0.2, -0.15) is 0 Å². The number of thiophene rings is 1. The van der Waals surface area contributed by atoms with Crippen LogP contribution in [0.2, 0.25) is 0 Å². The quantitative estimate of drug-likeness (QED) is 0.576. The lowest BCUT2D eigenvalue weighted by Gasteiger charge is -2.25. The summed E-state index contributed by atoms with van der Waals surface area (Å²) in [6, 6.07) is 23.6. The molecular formula is C22H24N3O2S+. The van der Waals surface area contributed by atoms with Crippen molar-refractivity contribution in [1.29, 1.82) is 0 Å². The minimum Gasteiger partial charge on any atom is -0.333 e. The van der Waals surface area contributed by atoms with Crippen LogP contribution in [0.4, 0.5) is 4.79 Å². The average molecular weight is 395 g/mol. The number of hydrogen-bond acceptors (Lipinski definition) is 3. The molecule has 0 spiro atoms. The van der Waals surface area contributed by atoms with Crippen LogP contribution in [0.1, 0.15) is 22.0 Å². The first-order valence-electron chi connectivity index (χ1n) is 9.16. The van der Waals surface area contributed by atoms with Gasteiger partial charge >= 0.3 is 6.03 Å². The maximum Gasteiger partial charge on any atom is 0.321 e. The van der Waals surface area contributed by atoms with Crippen molar-refractivity contribution in [2.24, 2.45) is 0 Å². The number of quaternary nitrogens is 1. The van der Waals surface area contributed by atoms with Crippen LogP contribution in [0.5, 0.6) is 0 Å².